The normalized spacial score (nSPS) is 13.7. The lowest BCUT2D eigenvalue weighted by molar-refractivity contribution is 0.0187. The van der Waals surface area contributed by atoms with Gasteiger partial charge in [0.2, 0.25) is 0 Å². The van der Waals surface area contributed by atoms with Crippen molar-refractivity contribution in [2.24, 2.45) is 0 Å². The van der Waals surface area contributed by atoms with E-state index in [1.165, 1.54) is 0 Å². The average molecular weight is 134 g/mol. The average Bonchev–Trinajstić information content (AvgIpc) is 1.89. The van der Waals surface area contributed by atoms with E-state index in [4.69, 9.17) is 14.9 Å². The van der Waals surface area contributed by atoms with E-state index in [2.05, 4.69) is 0 Å². The van der Waals surface area contributed by atoms with Crippen molar-refractivity contribution in [1.82, 2.24) is 0 Å². The second-order valence-electron chi connectivity index (χ2n) is 1.94. The van der Waals surface area contributed by atoms with Crippen molar-refractivity contribution < 1.29 is 14.9 Å². The molecule has 3 heteroatoms. The monoisotopic (exact) mass is 134 g/mol. The van der Waals surface area contributed by atoms with Gasteiger partial charge in [-0.05, 0) is 13.3 Å². The van der Waals surface area contributed by atoms with Gasteiger partial charge in [0, 0.05) is 13.2 Å². The highest BCUT2D eigenvalue weighted by Crippen LogP contribution is 1.89. The van der Waals surface area contributed by atoms with E-state index in [0.29, 0.717) is 13.0 Å². The van der Waals surface area contributed by atoms with Crippen LogP contribution >= 0.6 is 0 Å². The number of aliphatic hydroxyl groups excluding tert-OH is 2. The largest absolute Gasteiger partial charge is 0.396 e. The molecule has 1 atom stereocenters. The predicted molar refractivity (Wildman–Crippen MR) is 34.2 cm³/mol. The molecule has 0 unspecified atom stereocenters. The van der Waals surface area contributed by atoms with Crippen LogP contribution in [-0.4, -0.2) is 36.1 Å². The summed E-state index contributed by atoms with van der Waals surface area (Å²) in [6.07, 6.45) is 0.543. The fourth-order valence-electron chi connectivity index (χ4n) is 0.402. The molecule has 0 spiro atoms. The van der Waals surface area contributed by atoms with Crippen molar-refractivity contribution >= 4 is 0 Å². The lowest BCUT2D eigenvalue weighted by Gasteiger charge is -2.07. The van der Waals surface area contributed by atoms with Crippen LogP contribution in [0.25, 0.3) is 0 Å². The van der Waals surface area contributed by atoms with Gasteiger partial charge < -0.3 is 14.9 Å². The van der Waals surface area contributed by atoms with Gasteiger partial charge in [0.25, 0.3) is 0 Å². The van der Waals surface area contributed by atoms with Gasteiger partial charge >= 0.3 is 0 Å². The number of hydrogen-bond donors (Lipinski definition) is 2. The van der Waals surface area contributed by atoms with E-state index in [0.717, 1.165) is 0 Å². The van der Waals surface area contributed by atoms with E-state index in [1.807, 2.05) is 0 Å². The zero-order valence-electron chi connectivity index (χ0n) is 5.71. The molecular formula is C6H14O3. The van der Waals surface area contributed by atoms with E-state index in [-0.39, 0.29) is 19.3 Å². The molecule has 0 aliphatic heterocycles. The number of hydrogen-bond acceptors (Lipinski definition) is 3. The minimum atomic E-state index is -0.100. The summed E-state index contributed by atoms with van der Waals surface area (Å²) < 4.78 is 5.02. The van der Waals surface area contributed by atoms with Crippen molar-refractivity contribution in [1.29, 1.82) is 0 Å². The Labute approximate surface area is 55.3 Å². The molecule has 9 heavy (non-hydrogen) atoms. The summed E-state index contributed by atoms with van der Waals surface area (Å²) in [6, 6.07) is 0. The summed E-state index contributed by atoms with van der Waals surface area (Å²) in [7, 11) is 0. The summed E-state index contributed by atoms with van der Waals surface area (Å²) >= 11 is 0. The second kappa shape index (κ2) is 6.01. The van der Waals surface area contributed by atoms with Crippen molar-refractivity contribution in [2.75, 3.05) is 19.8 Å². The molecule has 0 saturated carbocycles. The highest BCUT2D eigenvalue weighted by molar-refractivity contribution is 4.43. The Bertz CT molecular complexity index is 56.3. The van der Waals surface area contributed by atoms with Gasteiger partial charge in [-0.3, -0.25) is 0 Å². The molecule has 0 aliphatic rings. The van der Waals surface area contributed by atoms with Crippen LogP contribution in [0.4, 0.5) is 0 Å². The van der Waals surface area contributed by atoms with Gasteiger partial charge in [-0.15, -0.1) is 0 Å². The first kappa shape index (κ1) is 8.88. The maximum absolute atomic E-state index is 8.45. The van der Waals surface area contributed by atoms with Gasteiger partial charge in [-0.2, -0.15) is 0 Å². The molecule has 0 aromatic heterocycles. The van der Waals surface area contributed by atoms with Gasteiger partial charge in [-0.25, -0.2) is 0 Å². The number of ether oxygens (including phenoxy) is 1. The summed E-state index contributed by atoms with van der Waals surface area (Å²) in [5, 5.41) is 16.8. The predicted octanol–water partition coefficient (Wildman–Crippen LogP) is -0.234. The van der Waals surface area contributed by atoms with Crippen molar-refractivity contribution in [3.63, 3.8) is 0 Å². The van der Waals surface area contributed by atoms with Crippen LogP contribution in [0.5, 0.6) is 0 Å². The molecule has 0 aromatic carbocycles. The minimum Gasteiger partial charge on any atom is -0.396 e. The summed E-state index contributed by atoms with van der Waals surface area (Å²) in [5.41, 5.74) is 0. The first-order valence-corrected chi connectivity index (χ1v) is 3.14. The van der Waals surface area contributed by atoms with Crippen LogP contribution in [0.2, 0.25) is 0 Å². The van der Waals surface area contributed by atoms with E-state index < -0.39 is 0 Å². The standard InChI is InChI=1S/C6H14O3/c1-6(5-8)9-4-2-3-7/h6-8H,2-5H2,1H3/t6-/m0/s1. The maximum atomic E-state index is 8.45. The summed E-state index contributed by atoms with van der Waals surface area (Å²) in [6.45, 7) is 2.51. The Kier molecular flexibility index (Phi) is 5.93. The third kappa shape index (κ3) is 5.76. The van der Waals surface area contributed by atoms with Crippen LogP contribution < -0.4 is 0 Å². The Hall–Kier alpha value is -0.120. The SMILES string of the molecule is C[C@@H](CO)OCCCO. The maximum Gasteiger partial charge on any atom is 0.0777 e. The van der Waals surface area contributed by atoms with Gasteiger partial charge in [0.1, 0.15) is 0 Å². The molecule has 3 nitrogen and oxygen atoms in total. The van der Waals surface area contributed by atoms with Crippen LogP contribution in [0.15, 0.2) is 0 Å². The molecule has 0 fully saturated rings. The minimum absolute atomic E-state index is 0.0471. The molecule has 0 amide bonds. The molecule has 56 valence electrons. The van der Waals surface area contributed by atoms with Crippen molar-refractivity contribution in [3.05, 3.63) is 0 Å². The zero-order chi connectivity index (χ0) is 7.11. The topological polar surface area (TPSA) is 49.7 Å². The number of rotatable bonds is 5. The lowest BCUT2D eigenvalue weighted by atomic mass is 10.4. The third-order valence-corrected chi connectivity index (χ3v) is 0.962. The Balaban J connectivity index is 2.88. The smallest absolute Gasteiger partial charge is 0.0777 e. The Morgan fingerprint density at radius 2 is 2.11 bits per heavy atom. The quantitative estimate of drug-likeness (QED) is 0.510. The summed E-state index contributed by atoms with van der Waals surface area (Å²) in [5.74, 6) is 0. The number of aliphatic hydroxyl groups is 2. The lowest BCUT2D eigenvalue weighted by Crippen LogP contribution is -2.13. The Morgan fingerprint density at radius 1 is 1.44 bits per heavy atom. The van der Waals surface area contributed by atoms with Crippen molar-refractivity contribution in [3.8, 4) is 0 Å². The van der Waals surface area contributed by atoms with E-state index in [9.17, 15) is 0 Å². The molecule has 0 aliphatic carbocycles. The molecule has 0 bridgehead atoms. The molecule has 0 radical (unpaired) electrons. The molecule has 0 aromatic rings. The van der Waals surface area contributed by atoms with Gasteiger partial charge in [0.05, 0.1) is 12.7 Å². The van der Waals surface area contributed by atoms with Crippen LogP contribution in [0.3, 0.4) is 0 Å². The zero-order valence-corrected chi connectivity index (χ0v) is 5.71. The highest BCUT2D eigenvalue weighted by atomic mass is 16.5. The first-order chi connectivity index (χ1) is 4.31. The van der Waals surface area contributed by atoms with E-state index >= 15 is 0 Å². The molecule has 0 heterocycles. The molecule has 2 N–H and O–H groups in total. The first-order valence-electron chi connectivity index (χ1n) is 3.14. The van der Waals surface area contributed by atoms with Crippen LogP contribution in [0.1, 0.15) is 13.3 Å². The fourth-order valence-corrected chi connectivity index (χ4v) is 0.402. The third-order valence-electron chi connectivity index (χ3n) is 0.962. The van der Waals surface area contributed by atoms with Crippen molar-refractivity contribution in [2.45, 2.75) is 19.4 Å². The van der Waals surface area contributed by atoms with Crippen LogP contribution in [-0.2, 0) is 4.74 Å². The molecule has 0 saturated heterocycles. The molecular weight excluding hydrogens is 120 g/mol. The Morgan fingerprint density at radius 3 is 2.56 bits per heavy atom. The van der Waals surface area contributed by atoms with Gasteiger partial charge in [-0.1, -0.05) is 0 Å². The van der Waals surface area contributed by atoms with E-state index in [1.54, 1.807) is 6.92 Å². The summed E-state index contributed by atoms with van der Waals surface area (Å²) in [4.78, 5) is 0. The van der Waals surface area contributed by atoms with Crippen LogP contribution in [0, 0.1) is 0 Å². The van der Waals surface area contributed by atoms with Gasteiger partial charge in [0.15, 0.2) is 0 Å². The molecule has 0 rings (SSSR count). The second-order valence-corrected chi connectivity index (χ2v) is 1.94. The highest BCUT2D eigenvalue weighted by Gasteiger charge is 1.96. The fraction of sp³-hybridized carbons (Fsp3) is 1.00.